The fraction of sp³-hybridized carbons (Fsp3) is 0.300. The number of pyridine rings is 1. The third-order valence-electron chi connectivity index (χ3n) is 4.65. The van der Waals surface area contributed by atoms with Crippen molar-refractivity contribution in [2.24, 2.45) is 5.92 Å². The third-order valence-corrected chi connectivity index (χ3v) is 4.65. The fourth-order valence-corrected chi connectivity index (χ4v) is 3.49. The molecule has 138 valence electrons. The molecule has 4 heterocycles. The molecule has 4 rings (SSSR count). The smallest absolute Gasteiger partial charge is 0.272 e. The lowest BCUT2D eigenvalue weighted by Gasteiger charge is -2.22. The van der Waals surface area contributed by atoms with Gasteiger partial charge in [0.1, 0.15) is 0 Å². The van der Waals surface area contributed by atoms with Crippen molar-refractivity contribution in [2.45, 2.75) is 33.7 Å². The second-order valence-electron chi connectivity index (χ2n) is 7.16. The highest BCUT2D eigenvalue weighted by molar-refractivity contribution is 5.60. The zero-order valence-corrected chi connectivity index (χ0v) is 15.8. The summed E-state index contributed by atoms with van der Waals surface area (Å²) in [5.74, 6) is 0.228. The molecule has 0 radical (unpaired) electrons. The summed E-state index contributed by atoms with van der Waals surface area (Å²) in [5.41, 5.74) is 4.67. The molecule has 0 aromatic carbocycles. The zero-order chi connectivity index (χ0) is 19.1. The van der Waals surface area contributed by atoms with Gasteiger partial charge in [-0.1, -0.05) is 19.9 Å². The summed E-state index contributed by atoms with van der Waals surface area (Å²) < 4.78 is 3.41. The molecule has 0 aliphatic carbocycles. The van der Waals surface area contributed by atoms with Crippen molar-refractivity contribution in [2.75, 3.05) is 0 Å². The SMILES string of the molecule is Cc1cc(C)n([C@@H](c2cc(=O)n3[nH]c(-c4ccccn4)cc3n2)C(C)C)n1. The average molecular weight is 362 g/mol. The molecular formula is C20H22N6O. The van der Waals surface area contributed by atoms with Crippen molar-refractivity contribution in [1.29, 1.82) is 0 Å². The van der Waals surface area contributed by atoms with Crippen LogP contribution in [0.3, 0.4) is 0 Å². The molecule has 0 aliphatic rings. The van der Waals surface area contributed by atoms with Crippen molar-refractivity contribution in [1.82, 2.24) is 29.4 Å². The highest BCUT2D eigenvalue weighted by atomic mass is 16.1. The maximum absolute atomic E-state index is 12.7. The predicted octanol–water partition coefficient (Wildman–Crippen LogP) is 3.14. The summed E-state index contributed by atoms with van der Waals surface area (Å²) in [6.07, 6.45) is 1.72. The van der Waals surface area contributed by atoms with E-state index >= 15 is 0 Å². The highest BCUT2D eigenvalue weighted by Gasteiger charge is 2.23. The number of aromatic nitrogens is 6. The fourth-order valence-electron chi connectivity index (χ4n) is 3.49. The van der Waals surface area contributed by atoms with Gasteiger partial charge in [-0.25, -0.2) is 9.50 Å². The molecule has 1 N–H and O–H groups in total. The van der Waals surface area contributed by atoms with Crippen LogP contribution in [0.15, 0.2) is 47.4 Å². The summed E-state index contributed by atoms with van der Waals surface area (Å²) >= 11 is 0. The van der Waals surface area contributed by atoms with Crippen LogP contribution in [0.4, 0.5) is 0 Å². The van der Waals surface area contributed by atoms with Crippen LogP contribution in [0.2, 0.25) is 0 Å². The molecule has 0 spiro atoms. The Morgan fingerprint density at radius 3 is 2.56 bits per heavy atom. The maximum Gasteiger partial charge on any atom is 0.272 e. The number of aromatic amines is 1. The van der Waals surface area contributed by atoms with Crippen LogP contribution in [-0.4, -0.2) is 29.4 Å². The average Bonchev–Trinajstić information content (AvgIpc) is 3.19. The van der Waals surface area contributed by atoms with Crippen LogP contribution in [0.5, 0.6) is 0 Å². The molecule has 27 heavy (non-hydrogen) atoms. The van der Waals surface area contributed by atoms with Crippen molar-refractivity contribution in [3.8, 4) is 11.4 Å². The first-order valence-corrected chi connectivity index (χ1v) is 9.01. The van der Waals surface area contributed by atoms with E-state index in [1.54, 1.807) is 12.3 Å². The van der Waals surface area contributed by atoms with Crippen molar-refractivity contribution in [3.63, 3.8) is 0 Å². The molecule has 0 saturated heterocycles. The van der Waals surface area contributed by atoms with E-state index in [1.165, 1.54) is 4.52 Å². The van der Waals surface area contributed by atoms with Crippen LogP contribution in [0.1, 0.15) is 37.0 Å². The minimum Gasteiger partial charge on any atom is -0.287 e. The molecule has 0 unspecified atom stereocenters. The van der Waals surface area contributed by atoms with Gasteiger partial charge in [0.05, 0.1) is 28.8 Å². The van der Waals surface area contributed by atoms with Gasteiger partial charge in [0, 0.05) is 24.0 Å². The predicted molar refractivity (Wildman–Crippen MR) is 104 cm³/mol. The molecule has 0 amide bonds. The van der Waals surface area contributed by atoms with Crippen LogP contribution in [-0.2, 0) is 0 Å². The Bertz CT molecular complexity index is 1150. The maximum atomic E-state index is 12.7. The number of H-pyrrole nitrogens is 1. The molecule has 4 aromatic rings. The molecule has 0 bridgehead atoms. The zero-order valence-electron chi connectivity index (χ0n) is 15.8. The highest BCUT2D eigenvalue weighted by Crippen LogP contribution is 2.26. The second kappa shape index (κ2) is 6.50. The van der Waals surface area contributed by atoms with Crippen molar-refractivity contribution >= 4 is 5.65 Å². The Labute approximate surface area is 156 Å². The first kappa shape index (κ1) is 17.2. The standard InChI is InChI=1S/C20H22N6O/c1-12(2)20(25-14(4)9-13(3)23-25)17-11-19(27)26-18(22-17)10-16(24-26)15-7-5-6-8-21-15/h5-12,20,24H,1-4H3/t20-/m1/s1. The lowest BCUT2D eigenvalue weighted by atomic mass is 10.0. The minimum atomic E-state index is -0.149. The quantitative estimate of drug-likeness (QED) is 0.605. The van der Waals surface area contributed by atoms with Gasteiger partial charge in [-0.15, -0.1) is 0 Å². The topological polar surface area (TPSA) is 80.9 Å². The molecular weight excluding hydrogens is 340 g/mol. The minimum absolute atomic E-state index is 0.107. The van der Waals surface area contributed by atoms with Gasteiger partial charge in [0.15, 0.2) is 5.65 Å². The Balaban J connectivity index is 1.86. The Hall–Kier alpha value is -3.22. The van der Waals surface area contributed by atoms with Gasteiger partial charge in [0.2, 0.25) is 0 Å². The first-order valence-electron chi connectivity index (χ1n) is 9.01. The van der Waals surface area contributed by atoms with Gasteiger partial charge in [-0.3, -0.25) is 19.6 Å². The Kier molecular flexibility index (Phi) is 4.14. The summed E-state index contributed by atoms with van der Waals surface area (Å²) in [4.78, 5) is 21.8. The number of aryl methyl sites for hydroxylation is 2. The van der Waals surface area contributed by atoms with Gasteiger partial charge in [-0.05, 0) is 38.0 Å². The van der Waals surface area contributed by atoms with Gasteiger partial charge < -0.3 is 0 Å². The van der Waals surface area contributed by atoms with Crippen LogP contribution < -0.4 is 5.56 Å². The van der Waals surface area contributed by atoms with E-state index in [1.807, 2.05) is 48.9 Å². The monoisotopic (exact) mass is 362 g/mol. The van der Waals surface area contributed by atoms with E-state index in [4.69, 9.17) is 4.98 Å². The molecule has 0 fully saturated rings. The van der Waals surface area contributed by atoms with Gasteiger partial charge in [-0.2, -0.15) is 5.10 Å². The number of rotatable bonds is 4. The summed E-state index contributed by atoms with van der Waals surface area (Å²) in [6, 6.07) is 11.0. The van der Waals surface area contributed by atoms with Crippen LogP contribution in [0.25, 0.3) is 17.0 Å². The number of nitrogens with one attached hydrogen (secondary N) is 1. The normalized spacial score (nSPS) is 12.8. The van der Waals surface area contributed by atoms with E-state index in [9.17, 15) is 4.79 Å². The van der Waals surface area contributed by atoms with E-state index in [2.05, 4.69) is 29.0 Å². The summed E-state index contributed by atoms with van der Waals surface area (Å²) in [6.45, 7) is 8.22. The van der Waals surface area contributed by atoms with E-state index in [0.29, 0.717) is 11.3 Å². The lowest BCUT2D eigenvalue weighted by Crippen LogP contribution is -2.24. The van der Waals surface area contributed by atoms with Crippen LogP contribution in [0, 0.1) is 19.8 Å². The number of fused-ring (bicyclic) bond motifs is 1. The van der Waals surface area contributed by atoms with Crippen molar-refractivity contribution < 1.29 is 0 Å². The first-order chi connectivity index (χ1) is 12.9. The number of nitrogens with zero attached hydrogens (tertiary/aromatic N) is 5. The molecule has 7 nitrogen and oxygen atoms in total. The Morgan fingerprint density at radius 2 is 1.93 bits per heavy atom. The van der Waals surface area contributed by atoms with Gasteiger partial charge >= 0.3 is 0 Å². The second-order valence-corrected chi connectivity index (χ2v) is 7.16. The van der Waals surface area contributed by atoms with Crippen molar-refractivity contribution in [3.05, 3.63) is 70.0 Å². The largest absolute Gasteiger partial charge is 0.287 e. The molecule has 7 heteroatoms. The van der Waals surface area contributed by atoms with Gasteiger partial charge in [0.25, 0.3) is 5.56 Å². The molecule has 0 aliphatic heterocycles. The molecule has 0 saturated carbocycles. The van der Waals surface area contributed by atoms with E-state index in [0.717, 1.165) is 22.8 Å². The summed E-state index contributed by atoms with van der Waals surface area (Å²) in [7, 11) is 0. The number of hydrogen-bond acceptors (Lipinski definition) is 4. The van der Waals surface area contributed by atoms with E-state index in [-0.39, 0.29) is 17.5 Å². The van der Waals surface area contributed by atoms with E-state index < -0.39 is 0 Å². The molecule has 4 aromatic heterocycles. The lowest BCUT2D eigenvalue weighted by molar-refractivity contribution is 0.386. The Morgan fingerprint density at radius 1 is 1.11 bits per heavy atom. The summed E-state index contributed by atoms with van der Waals surface area (Å²) in [5, 5.41) is 7.71. The third kappa shape index (κ3) is 3.05. The van der Waals surface area contributed by atoms with Crippen LogP contribution >= 0.6 is 0 Å². The number of hydrogen-bond donors (Lipinski definition) is 1. The molecule has 1 atom stereocenters.